The van der Waals surface area contributed by atoms with E-state index in [0.29, 0.717) is 5.92 Å². The molecule has 1 saturated heterocycles. The van der Waals surface area contributed by atoms with Crippen LogP contribution in [0, 0.1) is 11.8 Å². The molecule has 0 aliphatic carbocycles. The highest BCUT2D eigenvalue weighted by molar-refractivity contribution is 5.47. The van der Waals surface area contributed by atoms with Gasteiger partial charge in [-0.05, 0) is 48.9 Å². The highest BCUT2D eigenvalue weighted by Crippen LogP contribution is 2.26. The Labute approximate surface area is 130 Å². The Balaban J connectivity index is 1.79. The van der Waals surface area contributed by atoms with Gasteiger partial charge in [0.15, 0.2) is 0 Å². The summed E-state index contributed by atoms with van der Waals surface area (Å²) in [6.45, 7) is 11.3. The van der Waals surface area contributed by atoms with Gasteiger partial charge in [0, 0.05) is 25.3 Å². The third-order valence-electron chi connectivity index (χ3n) is 4.49. The molecule has 1 N–H and O–H groups in total. The van der Waals surface area contributed by atoms with Crippen LogP contribution < -0.4 is 10.2 Å². The maximum absolute atomic E-state index is 3.51. The van der Waals surface area contributed by atoms with E-state index in [2.05, 4.69) is 55.3 Å². The molecule has 1 aromatic carbocycles. The predicted octanol–water partition coefficient (Wildman–Crippen LogP) is 4.45. The van der Waals surface area contributed by atoms with E-state index in [-0.39, 0.29) is 0 Å². The van der Waals surface area contributed by atoms with Crippen LogP contribution in [0.25, 0.3) is 0 Å². The van der Waals surface area contributed by atoms with Crippen LogP contribution in [0.4, 0.5) is 5.69 Å². The fraction of sp³-hybridized carbons (Fsp3) is 0.684. The van der Waals surface area contributed by atoms with E-state index in [1.54, 1.807) is 0 Å². The van der Waals surface area contributed by atoms with E-state index < -0.39 is 0 Å². The maximum Gasteiger partial charge on any atom is 0.0366 e. The molecule has 0 amide bonds. The largest absolute Gasteiger partial charge is 0.372 e. The molecular formula is C19H32N2. The summed E-state index contributed by atoms with van der Waals surface area (Å²) in [7, 11) is 0. The third kappa shape index (κ3) is 5.35. The Morgan fingerprint density at radius 3 is 2.38 bits per heavy atom. The highest BCUT2D eigenvalue weighted by Gasteiger charge is 2.18. The lowest BCUT2D eigenvalue weighted by molar-refractivity contribution is 0.378. The second-order valence-electron chi connectivity index (χ2n) is 6.91. The molecule has 21 heavy (non-hydrogen) atoms. The summed E-state index contributed by atoms with van der Waals surface area (Å²) >= 11 is 0. The average Bonchev–Trinajstić information content (AvgIpc) is 2.49. The Hall–Kier alpha value is -1.02. The molecule has 2 heteroatoms. The van der Waals surface area contributed by atoms with Crippen LogP contribution in [0.1, 0.15) is 52.0 Å². The number of nitrogens with one attached hydrogen (secondary N) is 1. The average molecular weight is 288 g/mol. The fourth-order valence-corrected chi connectivity index (χ4v) is 3.22. The maximum atomic E-state index is 3.51. The number of nitrogens with zero attached hydrogens (tertiary/aromatic N) is 1. The minimum Gasteiger partial charge on any atom is -0.372 e. The van der Waals surface area contributed by atoms with Crippen LogP contribution in [0.2, 0.25) is 0 Å². The zero-order chi connectivity index (χ0) is 15.1. The molecular weight excluding hydrogens is 256 g/mol. The van der Waals surface area contributed by atoms with Crippen molar-refractivity contribution in [2.45, 2.75) is 53.0 Å². The molecule has 1 heterocycles. The van der Waals surface area contributed by atoms with Gasteiger partial charge < -0.3 is 10.2 Å². The lowest BCUT2D eigenvalue weighted by atomic mass is 9.92. The minimum absolute atomic E-state index is 0.716. The van der Waals surface area contributed by atoms with Crippen molar-refractivity contribution in [3.05, 3.63) is 29.8 Å². The van der Waals surface area contributed by atoms with Crippen LogP contribution >= 0.6 is 0 Å². The number of hydrogen-bond acceptors (Lipinski definition) is 2. The molecule has 0 aromatic heterocycles. The van der Waals surface area contributed by atoms with E-state index in [9.17, 15) is 0 Å². The van der Waals surface area contributed by atoms with Gasteiger partial charge in [-0.1, -0.05) is 45.7 Å². The summed E-state index contributed by atoms with van der Waals surface area (Å²) < 4.78 is 0. The van der Waals surface area contributed by atoms with E-state index >= 15 is 0 Å². The van der Waals surface area contributed by atoms with Crippen molar-refractivity contribution in [3.63, 3.8) is 0 Å². The molecule has 1 aliphatic rings. The summed E-state index contributed by atoms with van der Waals surface area (Å²) in [5.74, 6) is 1.68. The first-order chi connectivity index (χ1) is 10.2. The van der Waals surface area contributed by atoms with Crippen molar-refractivity contribution in [1.82, 2.24) is 5.32 Å². The van der Waals surface area contributed by atoms with Gasteiger partial charge in [-0.25, -0.2) is 0 Å². The molecule has 0 radical (unpaired) electrons. The van der Waals surface area contributed by atoms with Crippen LogP contribution in [0.3, 0.4) is 0 Å². The topological polar surface area (TPSA) is 15.3 Å². The van der Waals surface area contributed by atoms with Gasteiger partial charge in [-0.3, -0.25) is 0 Å². The first-order valence-electron chi connectivity index (χ1n) is 8.73. The number of piperidine rings is 1. The molecule has 1 aromatic rings. The molecule has 2 rings (SSSR count). The molecule has 2 nitrogen and oxygen atoms in total. The van der Waals surface area contributed by atoms with E-state index in [4.69, 9.17) is 0 Å². The standard InChI is InChI=1S/C19H32N2/c1-4-5-17-10-12-21(13-11-17)19-8-6-18(7-9-19)15-20-14-16(2)3/h6-9,16-17,20H,4-5,10-15H2,1-3H3. The summed E-state index contributed by atoms with van der Waals surface area (Å²) in [6, 6.07) is 9.15. The Morgan fingerprint density at radius 1 is 1.14 bits per heavy atom. The molecule has 0 bridgehead atoms. The lowest BCUT2D eigenvalue weighted by Gasteiger charge is -2.33. The second-order valence-corrected chi connectivity index (χ2v) is 6.91. The van der Waals surface area contributed by atoms with Gasteiger partial charge in [-0.2, -0.15) is 0 Å². The van der Waals surface area contributed by atoms with E-state index in [1.807, 2.05) is 0 Å². The first-order valence-corrected chi connectivity index (χ1v) is 8.73. The normalized spacial score (nSPS) is 16.7. The van der Waals surface area contributed by atoms with Crippen molar-refractivity contribution >= 4 is 5.69 Å². The quantitative estimate of drug-likeness (QED) is 0.797. The van der Waals surface area contributed by atoms with E-state index in [0.717, 1.165) is 19.0 Å². The van der Waals surface area contributed by atoms with Gasteiger partial charge >= 0.3 is 0 Å². The summed E-state index contributed by atoms with van der Waals surface area (Å²) in [6.07, 6.45) is 5.48. The van der Waals surface area contributed by atoms with Gasteiger partial charge in [0.05, 0.1) is 0 Å². The van der Waals surface area contributed by atoms with Crippen LogP contribution in [0.5, 0.6) is 0 Å². The third-order valence-corrected chi connectivity index (χ3v) is 4.49. The molecule has 0 spiro atoms. The van der Waals surface area contributed by atoms with Crippen molar-refractivity contribution < 1.29 is 0 Å². The van der Waals surface area contributed by atoms with Gasteiger partial charge in [0.1, 0.15) is 0 Å². The van der Waals surface area contributed by atoms with Crippen molar-refractivity contribution in [3.8, 4) is 0 Å². The molecule has 118 valence electrons. The van der Waals surface area contributed by atoms with Crippen LogP contribution in [-0.4, -0.2) is 19.6 Å². The number of anilines is 1. The Kier molecular flexibility index (Phi) is 6.56. The SMILES string of the molecule is CCCC1CCN(c2ccc(CNCC(C)C)cc2)CC1. The molecule has 1 fully saturated rings. The van der Waals surface area contributed by atoms with Gasteiger partial charge in [0.2, 0.25) is 0 Å². The molecule has 0 atom stereocenters. The molecule has 1 aliphatic heterocycles. The summed E-state index contributed by atoms with van der Waals surface area (Å²) in [5.41, 5.74) is 2.79. The Bertz CT molecular complexity index is 389. The van der Waals surface area contributed by atoms with E-state index in [1.165, 1.54) is 50.0 Å². The van der Waals surface area contributed by atoms with Crippen molar-refractivity contribution in [2.24, 2.45) is 11.8 Å². The zero-order valence-electron chi connectivity index (χ0n) is 14.1. The zero-order valence-corrected chi connectivity index (χ0v) is 14.1. The number of rotatable bonds is 7. The smallest absolute Gasteiger partial charge is 0.0366 e. The number of hydrogen-bond donors (Lipinski definition) is 1. The highest BCUT2D eigenvalue weighted by atomic mass is 15.1. The van der Waals surface area contributed by atoms with Crippen molar-refractivity contribution in [1.29, 1.82) is 0 Å². The molecule has 0 saturated carbocycles. The second kappa shape index (κ2) is 8.43. The Morgan fingerprint density at radius 2 is 1.81 bits per heavy atom. The minimum atomic E-state index is 0.716. The van der Waals surface area contributed by atoms with Gasteiger partial charge in [-0.15, -0.1) is 0 Å². The van der Waals surface area contributed by atoms with Gasteiger partial charge in [0.25, 0.3) is 0 Å². The molecule has 0 unspecified atom stereocenters. The lowest BCUT2D eigenvalue weighted by Crippen LogP contribution is -2.33. The monoisotopic (exact) mass is 288 g/mol. The first kappa shape index (κ1) is 16.4. The number of benzene rings is 1. The predicted molar refractivity (Wildman–Crippen MR) is 92.8 cm³/mol. The fourth-order valence-electron chi connectivity index (χ4n) is 3.22. The van der Waals surface area contributed by atoms with Crippen LogP contribution in [-0.2, 0) is 6.54 Å². The van der Waals surface area contributed by atoms with Crippen molar-refractivity contribution in [2.75, 3.05) is 24.5 Å². The van der Waals surface area contributed by atoms with Crippen LogP contribution in [0.15, 0.2) is 24.3 Å². The summed E-state index contributed by atoms with van der Waals surface area (Å²) in [4.78, 5) is 2.55. The summed E-state index contributed by atoms with van der Waals surface area (Å²) in [5, 5.41) is 3.51.